The zero-order valence-electron chi connectivity index (χ0n) is 10.1. The largest absolute Gasteiger partial charge is 0.342 e. The van der Waals surface area contributed by atoms with E-state index < -0.39 is 0 Å². The number of halogens is 1. The van der Waals surface area contributed by atoms with Gasteiger partial charge in [0.05, 0.1) is 0 Å². The van der Waals surface area contributed by atoms with Crippen molar-refractivity contribution in [2.45, 2.75) is 39.0 Å². The summed E-state index contributed by atoms with van der Waals surface area (Å²) in [4.78, 5) is 14.5. The molecule has 0 spiro atoms. The van der Waals surface area contributed by atoms with Crippen LogP contribution in [0.25, 0.3) is 0 Å². The molecule has 0 aromatic carbocycles. The van der Waals surface area contributed by atoms with Gasteiger partial charge in [0.1, 0.15) is 0 Å². The third-order valence-corrected chi connectivity index (χ3v) is 5.14. The molecule has 3 unspecified atom stereocenters. The molecule has 2 nitrogen and oxygen atoms in total. The van der Waals surface area contributed by atoms with Crippen LogP contribution in [0.1, 0.15) is 39.0 Å². The fourth-order valence-corrected chi connectivity index (χ4v) is 3.67. The van der Waals surface area contributed by atoms with E-state index in [-0.39, 0.29) is 0 Å². The van der Waals surface area contributed by atoms with E-state index in [4.69, 9.17) is 0 Å². The van der Waals surface area contributed by atoms with E-state index in [0.717, 1.165) is 24.8 Å². The Hall–Kier alpha value is -0.0500. The number of amides is 1. The van der Waals surface area contributed by atoms with Crippen LogP contribution in [0.3, 0.4) is 0 Å². The van der Waals surface area contributed by atoms with Crippen molar-refractivity contribution in [2.75, 3.05) is 18.4 Å². The second-order valence-corrected chi connectivity index (χ2v) is 6.11. The molecule has 0 aromatic heterocycles. The Kier molecular flexibility index (Phi) is 4.28. The average Bonchev–Trinajstić information content (AvgIpc) is 2.74. The maximum absolute atomic E-state index is 12.4. The van der Waals surface area contributed by atoms with Gasteiger partial charge in [0.2, 0.25) is 5.91 Å². The van der Waals surface area contributed by atoms with Gasteiger partial charge in [-0.3, -0.25) is 4.79 Å². The summed E-state index contributed by atoms with van der Waals surface area (Å²) in [5.41, 5.74) is 0. The summed E-state index contributed by atoms with van der Waals surface area (Å²) in [5, 5.41) is 1.04. The molecule has 0 N–H and O–H groups in total. The zero-order valence-corrected chi connectivity index (χ0v) is 11.7. The molecular formula is C13H22BrNO. The van der Waals surface area contributed by atoms with E-state index >= 15 is 0 Å². The van der Waals surface area contributed by atoms with Crippen LogP contribution in [-0.4, -0.2) is 29.2 Å². The molecule has 2 rings (SSSR count). The number of alkyl halides is 1. The maximum atomic E-state index is 12.4. The normalized spacial score (nSPS) is 35.4. The number of carbonyl (C=O) groups is 1. The quantitative estimate of drug-likeness (QED) is 0.715. The Balaban J connectivity index is 1.93. The van der Waals surface area contributed by atoms with Gasteiger partial charge in [0, 0.05) is 24.3 Å². The van der Waals surface area contributed by atoms with Gasteiger partial charge in [-0.05, 0) is 37.5 Å². The monoisotopic (exact) mass is 287 g/mol. The Bertz CT molecular complexity index is 256. The van der Waals surface area contributed by atoms with Crippen molar-refractivity contribution in [2.24, 2.45) is 17.8 Å². The molecule has 0 bridgehead atoms. The summed E-state index contributed by atoms with van der Waals surface area (Å²) in [6.07, 6.45) is 6.06. The molecule has 1 aliphatic heterocycles. The number of carbonyl (C=O) groups excluding carboxylic acids is 1. The lowest BCUT2D eigenvalue weighted by atomic mass is 9.93. The Morgan fingerprint density at radius 1 is 1.31 bits per heavy atom. The van der Waals surface area contributed by atoms with E-state index in [1.54, 1.807) is 0 Å². The molecule has 1 heterocycles. The van der Waals surface area contributed by atoms with Crippen molar-refractivity contribution in [3.63, 3.8) is 0 Å². The van der Waals surface area contributed by atoms with Crippen molar-refractivity contribution in [3.8, 4) is 0 Å². The fraction of sp³-hybridized carbons (Fsp3) is 0.923. The summed E-state index contributed by atoms with van der Waals surface area (Å²) in [6.45, 7) is 4.21. The lowest BCUT2D eigenvalue weighted by Crippen LogP contribution is -2.43. The smallest absolute Gasteiger partial charge is 0.225 e. The van der Waals surface area contributed by atoms with Gasteiger partial charge in [-0.25, -0.2) is 0 Å². The number of hydrogen-bond acceptors (Lipinski definition) is 1. The minimum absolute atomic E-state index is 0.328. The van der Waals surface area contributed by atoms with Crippen LogP contribution in [0.15, 0.2) is 0 Å². The molecule has 1 saturated carbocycles. The van der Waals surface area contributed by atoms with Gasteiger partial charge in [0.25, 0.3) is 0 Å². The highest BCUT2D eigenvalue weighted by atomic mass is 79.9. The molecule has 2 fully saturated rings. The van der Waals surface area contributed by atoms with Crippen LogP contribution in [0.2, 0.25) is 0 Å². The van der Waals surface area contributed by atoms with Gasteiger partial charge in [0.15, 0.2) is 0 Å². The van der Waals surface area contributed by atoms with Crippen molar-refractivity contribution in [3.05, 3.63) is 0 Å². The highest BCUT2D eigenvalue weighted by molar-refractivity contribution is 9.09. The molecule has 3 heteroatoms. The maximum Gasteiger partial charge on any atom is 0.225 e. The molecule has 0 radical (unpaired) electrons. The lowest BCUT2D eigenvalue weighted by Gasteiger charge is -2.34. The number of hydrogen-bond donors (Lipinski definition) is 0. The van der Waals surface area contributed by atoms with Crippen LogP contribution >= 0.6 is 15.9 Å². The average molecular weight is 288 g/mol. The molecule has 92 valence electrons. The summed E-state index contributed by atoms with van der Waals surface area (Å²) in [5.74, 6) is 2.05. The highest BCUT2D eigenvalue weighted by Gasteiger charge is 2.34. The zero-order chi connectivity index (χ0) is 11.5. The van der Waals surface area contributed by atoms with Gasteiger partial charge in [-0.1, -0.05) is 29.3 Å². The van der Waals surface area contributed by atoms with Gasteiger partial charge < -0.3 is 4.90 Å². The van der Waals surface area contributed by atoms with E-state index in [1.807, 2.05) is 0 Å². The van der Waals surface area contributed by atoms with Crippen LogP contribution < -0.4 is 0 Å². The molecular weight excluding hydrogens is 266 g/mol. The molecule has 1 saturated heterocycles. The molecule has 0 aromatic rings. The number of rotatable bonds is 2. The second kappa shape index (κ2) is 5.52. The van der Waals surface area contributed by atoms with Crippen LogP contribution in [0.4, 0.5) is 0 Å². The van der Waals surface area contributed by atoms with Crippen LogP contribution in [-0.2, 0) is 4.79 Å². The predicted molar refractivity (Wildman–Crippen MR) is 69.6 cm³/mol. The van der Waals surface area contributed by atoms with E-state index in [0.29, 0.717) is 23.7 Å². The summed E-state index contributed by atoms with van der Waals surface area (Å²) < 4.78 is 0. The lowest BCUT2D eigenvalue weighted by molar-refractivity contribution is -0.138. The minimum atomic E-state index is 0.328. The summed E-state index contributed by atoms with van der Waals surface area (Å²) in [6, 6.07) is 0. The van der Waals surface area contributed by atoms with Crippen molar-refractivity contribution >= 4 is 21.8 Å². The third-order valence-electron chi connectivity index (χ3n) is 4.23. The van der Waals surface area contributed by atoms with Crippen molar-refractivity contribution in [1.29, 1.82) is 0 Å². The third kappa shape index (κ3) is 2.61. The Morgan fingerprint density at radius 2 is 2.12 bits per heavy atom. The number of likely N-dealkylation sites (tertiary alicyclic amines) is 1. The summed E-state index contributed by atoms with van der Waals surface area (Å²) in [7, 11) is 0. The van der Waals surface area contributed by atoms with Crippen molar-refractivity contribution < 1.29 is 4.79 Å². The topological polar surface area (TPSA) is 20.3 Å². The van der Waals surface area contributed by atoms with Gasteiger partial charge in [-0.2, -0.15) is 0 Å². The van der Waals surface area contributed by atoms with Crippen LogP contribution in [0, 0.1) is 17.8 Å². The van der Waals surface area contributed by atoms with Gasteiger partial charge >= 0.3 is 0 Å². The molecule has 16 heavy (non-hydrogen) atoms. The number of piperidine rings is 1. The first-order valence-electron chi connectivity index (χ1n) is 6.57. The Labute approximate surface area is 107 Å². The first kappa shape index (κ1) is 12.4. The standard InChI is InChI=1S/C13H22BrNO/c1-10-4-2-6-12(10)13(16)15-7-3-5-11(8-14)9-15/h10-12H,2-9H2,1H3. The SMILES string of the molecule is CC1CCCC1C(=O)N1CCCC(CBr)C1. The number of nitrogens with zero attached hydrogens (tertiary/aromatic N) is 1. The van der Waals surface area contributed by atoms with Crippen LogP contribution in [0.5, 0.6) is 0 Å². The van der Waals surface area contributed by atoms with E-state index in [9.17, 15) is 4.79 Å². The second-order valence-electron chi connectivity index (χ2n) is 5.46. The van der Waals surface area contributed by atoms with E-state index in [2.05, 4.69) is 27.8 Å². The predicted octanol–water partition coefficient (Wildman–Crippen LogP) is 3.06. The summed E-state index contributed by atoms with van der Waals surface area (Å²) >= 11 is 3.54. The first-order chi connectivity index (χ1) is 7.72. The molecule has 1 amide bonds. The first-order valence-corrected chi connectivity index (χ1v) is 7.69. The highest BCUT2D eigenvalue weighted by Crippen LogP contribution is 2.33. The molecule has 2 aliphatic rings. The van der Waals surface area contributed by atoms with Gasteiger partial charge in [-0.15, -0.1) is 0 Å². The molecule has 3 atom stereocenters. The van der Waals surface area contributed by atoms with E-state index in [1.165, 1.54) is 25.7 Å². The Morgan fingerprint density at radius 3 is 2.75 bits per heavy atom. The fourth-order valence-electron chi connectivity index (χ4n) is 3.14. The van der Waals surface area contributed by atoms with Crippen molar-refractivity contribution in [1.82, 2.24) is 4.90 Å². The minimum Gasteiger partial charge on any atom is -0.342 e. The molecule has 1 aliphatic carbocycles.